The number of rotatable bonds is 6. The largest absolute Gasteiger partial charge is 0.455 e. The Bertz CT molecular complexity index is 1090. The van der Waals surface area contributed by atoms with Gasteiger partial charge in [-0.3, -0.25) is 29.6 Å². The molecule has 1 aliphatic heterocycles. The van der Waals surface area contributed by atoms with E-state index in [4.69, 9.17) is 27.9 Å². The molecule has 0 radical (unpaired) electrons. The van der Waals surface area contributed by atoms with Gasteiger partial charge in [0.15, 0.2) is 6.61 Å². The fourth-order valence-corrected chi connectivity index (χ4v) is 3.49. The standard InChI is InChI=1S/C22H21Cl2N3O5/c1-12-3-6-18(13(2)7-12)25-19(28)11-32-22(31)15-9-20(29)27(10-15)26-21(30)14-4-5-16(23)17(24)8-14/h3-8,15H,9-11H2,1-2H3,(H,25,28)(H,26,30)/t15-/m0/s1. The third-order valence-electron chi connectivity index (χ3n) is 4.88. The molecule has 3 rings (SSSR count). The van der Waals surface area contributed by atoms with Crippen LogP contribution in [0.15, 0.2) is 36.4 Å². The molecule has 1 saturated heterocycles. The van der Waals surface area contributed by atoms with Gasteiger partial charge < -0.3 is 10.1 Å². The summed E-state index contributed by atoms with van der Waals surface area (Å²) >= 11 is 11.7. The molecule has 2 aromatic carbocycles. The number of esters is 1. The number of nitrogens with zero attached hydrogens (tertiary/aromatic N) is 1. The third-order valence-corrected chi connectivity index (χ3v) is 5.62. The van der Waals surface area contributed by atoms with E-state index >= 15 is 0 Å². The molecule has 168 valence electrons. The Morgan fingerprint density at radius 3 is 2.53 bits per heavy atom. The van der Waals surface area contributed by atoms with Crippen molar-refractivity contribution in [2.24, 2.45) is 5.92 Å². The van der Waals surface area contributed by atoms with E-state index in [1.807, 2.05) is 26.0 Å². The lowest BCUT2D eigenvalue weighted by molar-refractivity contribution is -0.151. The van der Waals surface area contributed by atoms with Crippen molar-refractivity contribution in [2.45, 2.75) is 20.3 Å². The number of hydrogen-bond acceptors (Lipinski definition) is 5. The summed E-state index contributed by atoms with van der Waals surface area (Å²) in [6.07, 6.45) is -0.140. The smallest absolute Gasteiger partial charge is 0.311 e. The number of hydrazine groups is 1. The molecule has 1 aliphatic rings. The van der Waals surface area contributed by atoms with Gasteiger partial charge in [0.25, 0.3) is 11.8 Å². The van der Waals surface area contributed by atoms with Gasteiger partial charge in [-0.15, -0.1) is 0 Å². The molecule has 10 heteroatoms. The number of carbonyl (C=O) groups is 4. The number of nitrogens with one attached hydrogen (secondary N) is 2. The highest BCUT2D eigenvalue weighted by Crippen LogP contribution is 2.23. The maximum Gasteiger partial charge on any atom is 0.311 e. The molecule has 1 atom stereocenters. The first kappa shape index (κ1) is 23.6. The van der Waals surface area contributed by atoms with Gasteiger partial charge in [0.1, 0.15) is 0 Å². The molecule has 0 aliphatic carbocycles. The van der Waals surface area contributed by atoms with Gasteiger partial charge in [-0.1, -0.05) is 40.9 Å². The first-order chi connectivity index (χ1) is 15.1. The molecule has 2 N–H and O–H groups in total. The predicted molar refractivity (Wildman–Crippen MR) is 119 cm³/mol. The summed E-state index contributed by atoms with van der Waals surface area (Å²) in [5.41, 5.74) is 5.23. The Balaban J connectivity index is 1.50. The van der Waals surface area contributed by atoms with E-state index in [0.717, 1.165) is 16.1 Å². The number of aryl methyl sites for hydroxylation is 2. The summed E-state index contributed by atoms with van der Waals surface area (Å²) in [5.74, 6) is -3.00. The maximum atomic E-state index is 12.3. The summed E-state index contributed by atoms with van der Waals surface area (Å²) in [7, 11) is 0. The summed E-state index contributed by atoms with van der Waals surface area (Å²) in [4.78, 5) is 49.0. The van der Waals surface area contributed by atoms with Crippen molar-refractivity contribution in [3.63, 3.8) is 0 Å². The molecule has 0 aromatic heterocycles. The number of hydrogen-bond donors (Lipinski definition) is 2. The molecule has 8 nitrogen and oxygen atoms in total. The lowest BCUT2D eigenvalue weighted by atomic mass is 10.1. The summed E-state index contributed by atoms with van der Waals surface area (Å²) < 4.78 is 5.06. The molecular formula is C22H21Cl2N3O5. The Hall–Kier alpha value is -3.10. The number of halogens is 2. The summed E-state index contributed by atoms with van der Waals surface area (Å²) in [5, 5.41) is 4.23. The molecular weight excluding hydrogens is 457 g/mol. The van der Waals surface area contributed by atoms with E-state index in [1.165, 1.54) is 18.2 Å². The number of benzene rings is 2. The second-order valence-electron chi connectivity index (χ2n) is 7.45. The summed E-state index contributed by atoms with van der Waals surface area (Å²) in [6.45, 7) is 3.26. The van der Waals surface area contributed by atoms with Crippen molar-refractivity contribution in [2.75, 3.05) is 18.5 Å². The van der Waals surface area contributed by atoms with Crippen molar-refractivity contribution in [1.29, 1.82) is 0 Å². The van der Waals surface area contributed by atoms with Crippen molar-refractivity contribution in [3.8, 4) is 0 Å². The van der Waals surface area contributed by atoms with Gasteiger partial charge in [-0.2, -0.15) is 0 Å². The van der Waals surface area contributed by atoms with E-state index in [1.54, 1.807) is 6.07 Å². The second kappa shape index (κ2) is 10.0. The zero-order valence-electron chi connectivity index (χ0n) is 17.4. The minimum Gasteiger partial charge on any atom is -0.455 e. The van der Waals surface area contributed by atoms with Crippen LogP contribution in [0.4, 0.5) is 5.69 Å². The normalized spacial score (nSPS) is 15.4. The first-order valence-electron chi connectivity index (χ1n) is 9.74. The minimum atomic E-state index is -0.800. The number of anilines is 1. The van der Waals surface area contributed by atoms with Gasteiger partial charge >= 0.3 is 5.97 Å². The quantitative estimate of drug-likeness (QED) is 0.621. The van der Waals surface area contributed by atoms with Crippen LogP contribution in [-0.4, -0.2) is 41.9 Å². The molecule has 2 aromatic rings. The molecule has 1 heterocycles. The van der Waals surface area contributed by atoms with Crippen LogP contribution >= 0.6 is 23.2 Å². The van der Waals surface area contributed by atoms with Crippen LogP contribution in [0, 0.1) is 19.8 Å². The van der Waals surface area contributed by atoms with Crippen LogP contribution in [0.1, 0.15) is 27.9 Å². The molecule has 0 unspecified atom stereocenters. The molecule has 32 heavy (non-hydrogen) atoms. The van der Waals surface area contributed by atoms with Crippen molar-refractivity contribution >= 4 is 52.6 Å². The number of amides is 3. The van der Waals surface area contributed by atoms with Gasteiger partial charge in [0, 0.05) is 17.7 Å². The average molecular weight is 478 g/mol. The molecule has 0 saturated carbocycles. The van der Waals surface area contributed by atoms with Crippen molar-refractivity contribution in [3.05, 3.63) is 63.1 Å². The van der Waals surface area contributed by atoms with E-state index < -0.39 is 36.2 Å². The van der Waals surface area contributed by atoms with Gasteiger partial charge in [-0.25, -0.2) is 0 Å². The Morgan fingerprint density at radius 2 is 1.84 bits per heavy atom. The second-order valence-corrected chi connectivity index (χ2v) is 8.26. The fraction of sp³-hybridized carbons (Fsp3) is 0.273. The molecule has 1 fully saturated rings. The van der Waals surface area contributed by atoms with Crippen LogP contribution in [-0.2, 0) is 19.1 Å². The zero-order chi connectivity index (χ0) is 23.4. The average Bonchev–Trinajstić information content (AvgIpc) is 3.10. The highest BCUT2D eigenvalue weighted by atomic mass is 35.5. The predicted octanol–water partition coefficient (Wildman–Crippen LogP) is 3.29. The van der Waals surface area contributed by atoms with E-state index in [2.05, 4.69) is 10.7 Å². The Kier molecular flexibility index (Phi) is 7.37. The third kappa shape index (κ3) is 5.77. The topological polar surface area (TPSA) is 105 Å². The van der Waals surface area contributed by atoms with E-state index in [9.17, 15) is 19.2 Å². The molecule has 3 amide bonds. The lowest BCUT2D eigenvalue weighted by Crippen LogP contribution is -2.43. The van der Waals surface area contributed by atoms with Crippen LogP contribution in [0.5, 0.6) is 0 Å². The Labute approximate surface area is 194 Å². The van der Waals surface area contributed by atoms with Gasteiger partial charge in [0.05, 0.1) is 22.5 Å². The zero-order valence-corrected chi connectivity index (χ0v) is 18.9. The first-order valence-corrected chi connectivity index (χ1v) is 10.5. The van der Waals surface area contributed by atoms with Crippen molar-refractivity contribution in [1.82, 2.24) is 10.4 Å². The number of carbonyl (C=O) groups excluding carboxylic acids is 4. The molecule has 0 spiro atoms. The van der Waals surface area contributed by atoms with E-state index in [-0.39, 0.29) is 23.6 Å². The maximum absolute atomic E-state index is 12.3. The van der Waals surface area contributed by atoms with Crippen LogP contribution < -0.4 is 10.7 Å². The SMILES string of the molecule is Cc1ccc(NC(=O)COC(=O)[C@H]2CC(=O)N(NC(=O)c3ccc(Cl)c(Cl)c3)C2)c(C)c1. The van der Waals surface area contributed by atoms with Crippen molar-refractivity contribution < 1.29 is 23.9 Å². The van der Waals surface area contributed by atoms with E-state index in [0.29, 0.717) is 10.7 Å². The monoisotopic (exact) mass is 477 g/mol. The highest BCUT2D eigenvalue weighted by Gasteiger charge is 2.36. The minimum absolute atomic E-state index is 0.0661. The van der Waals surface area contributed by atoms with Crippen LogP contribution in [0.25, 0.3) is 0 Å². The lowest BCUT2D eigenvalue weighted by Gasteiger charge is -2.17. The van der Waals surface area contributed by atoms with Crippen LogP contribution in [0.2, 0.25) is 10.0 Å². The fourth-order valence-electron chi connectivity index (χ4n) is 3.19. The van der Waals surface area contributed by atoms with Gasteiger partial charge in [-0.05, 0) is 43.7 Å². The molecule has 0 bridgehead atoms. The van der Waals surface area contributed by atoms with Gasteiger partial charge in [0.2, 0.25) is 5.91 Å². The number of ether oxygens (including phenoxy) is 1. The van der Waals surface area contributed by atoms with Crippen LogP contribution in [0.3, 0.4) is 0 Å². The Morgan fingerprint density at radius 1 is 1.09 bits per heavy atom. The summed E-state index contributed by atoms with van der Waals surface area (Å²) in [6, 6.07) is 9.86. The highest BCUT2D eigenvalue weighted by molar-refractivity contribution is 6.42.